The van der Waals surface area contributed by atoms with Gasteiger partial charge < -0.3 is 14.0 Å². The van der Waals surface area contributed by atoms with Gasteiger partial charge in [0.1, 0.15) is 14.0 Å². The van der Waals surface area contributed by atoms with Crippen molar-refractivity contribution in [2.24, 2.45) is 0 Å². The quantitative estimate of drug-likeness (QED) is 0.359. The van der Waals surface area contributed by atoms with E-state index >= 15 is 0 Å². The lowest BCUT2D eigenvalue weighted by Gasteiger charge is -2.19. The second-order valence-corrected chi connectivity index (χ2v) is 12.1. The Kier molecular flexibility index (Phi) is 5.27. The van der Waals surface area contributed by atoms with Crippen LogP contribution in [-0.2, 0) is 18.6 Å². The van der Waals surface area contributed by atoms with Crippen LogP contribution in [0, 0.1) is 0 Å². The summed E-state index contributed by atoms with van der Waals surface area (Å²) in [7, 11) is 3.57. The first kappa shape index (κ1) is 13.3. The summed E-state index contributed by atoms with van der Waals surface area (Å²) in [6.07, 6.45) is 0.428. The van der Waals surface area contributed by atoms with Crippen LogP contribution in [0.25, 0.3) is 0 Å². The molecule has 8 heteroatoms. The monoisotopic (exact) mass is 350 g/mol. The number of rotatable bonds is 4. The zero-order valence-corrected chi connectivity index (χ0v) is 12.0. The molecule has 0 aromatic carbocycles. The number of hydrogen-bond donors (Lipinski definition) is 1. The number of thiol groups is 1. The third-order valence-electron chi connectivity index (χ3n) is 1.98. The summed E-state index contributed by atoms with van der Waals surface area (Å²) in [6, 6.07) is 0.122. The van der Waals surface area contributed by atoms with Gasteiger partial charge >= 0.3 is 4.21 Å². The average molecular weight is 350 g/mol. The van der Waals surface area contributed by atoms with E-state index in [2.05, 4.69) is 12.2 Å². The average Bonchev–Trinajstić information content (AvgIpc) is 2.28. The predicted molar refractivity (Wildman–Crippen MR) is 69.2 cm³/mol. The summed E-state index contributed by atoms with van der Waals surface area (Å²) in [4.78, 5) is 0. The first-order chi connectivity index (χ1) is 6.42. The number of ether oxygens (including phenoxy) is 2. The molecule has 0 saturated carbocycles. The summed E-state index contributed by atoms with van der Waals surface area (Å²) in [5, 5.41) is 0. The van der Waals surface area contributed by atoms with Gasteiger partial charge in [-0.25, -0.2) is 0 Å². The van der Waals surface area contributed by atoms with Gasteiger partial charge in [-0.3, -0.25) is 4.57 Å². The van der Waals surface area contributed by atoms with Crippen LogP contribution in [-0.4, -0.2) is 39.8 Å². The van der Waals surface area contributed by atoms with E-state index in [0.29, 0.717) is 6.61 Å². The molecule has 0 aromatic rings. The lowest BCUT2D eigenvalue weighted by molar-refractivity contribution is -0.00817. The molecule has 1 saturated heterocycles. The van der Waals surface area contributed by atoms with Gasteiger partial charge in [-0.1, -0.05) is 12.2 Å². The van der Waals surface area contributed by atoms with Crippen LogP contribution >= 0.6 is 38.5 Å². The Morgan fingerprint density at radius 3 is 2.93 bits per heavy atom. The highest BCUT2D eigenvalue weighted by Crippen LogP contribution is 2.62. The van der Waals surface area contributed by atoms with E-state index in [1.165, 1.54) is 0 Å². The van der Waals surface area contributed by atoms with Gasteiger partial charge in [0.05, 0.1) is 12.7 Å². The zero-order valence-electron chi connectivity index (χ0n) is 8.05. The molecular formula is C6H13BIO4PS. The minimum absolute atomic E-state index is 0.122. The Labute approximate surface area is 103 Å². The molecule has 82 valence electrons. The van der Waals surface area contributed by atoms with Gasteiger partial charge in [-0.05, 0) is 6.42 Å². The molecule has 0 radical (unpaired) electrons. The SMILES string of the molecule is B[C@H]1CC(OP(=O)(S)I)[C@@H](COC)O1. The maximum absolute atomic E-state index is 11.4. The van der Waals surface area contributed by atoms with Crippen LogP contribution in [0.15, 0.2) is 0 Å². The maximum Gasteiger partial charge on any atom is 0.311 e. The van der Waals surface area contributed by atoms with Gasteiger partial charge in [0, 0.05) is 35.2 Å². The van der Waals surface area contributed by atoms with E-state index in [9.17, 15) is 4.57 Å². The highest BCUT2D eigenvalue weighted by Gasteiger charge is 2.36. The van der Waals surface area contributed by atoms with Crippen molar-refractivity contribution in [2.75, 3.05) is 13.7 Å². The first-order valence-corrected chi connectivity index (χ1v) is 9.84. The van der Waals surface area contributed by atoms with Crippen molar-refractivity contribution in [3.63, 3.8) is 0 Å². The second-order valence-electron chi connectivity index (χ2n) is 3.27. The first-order valence-electron chi connectivity index (χ1n) is 4.27. The van der Waals surface area contributed by atoms with Crippen molar-refractivity contribution in [1.82, 2.24) is 0 Å². The van der Waals surface area contributed by atoms with Gasteiger partial charge in [-0.2, -0.15) is 0 Å². The van der Waals surface area contributed by atoms with Crippen molar-refractivity contribution >= 4 is 46.3 Å². The van der Waals surface area contributed by atoms with Crippen LogP contribution < -0.4 is 0 Å². The van der Waals surface area contributed by atoms with Crippen molar-refractivity contribution in [3.8, 4) is 0 Å². The Morgan fingerprint density at radius 2 is 2.43 bits per heavy atom. The minimum Gasteiger partial charge on any atom is -0.382 e. The van der Waals surface area contributed by atoms with Crippen LogP contribution in [0.4, 0.5) is 0 Å². The minimum atomic E-state index is -2.77. The Hall–Kier alpha value is 1.25. The molecule has 1 rings (SSSR count). The Bertz CT molecular complexity index is 238. The van der Waals surface area contributed by atoms with E-state index in [-0.39, 0.29) is 18.2 Å². The van der Waals surface area contributed by atoms with E-state index in [0.717, 1.165) is 6.42 Å². The highest BCUT2D eigenvalue weighted by atomic mass is 127. The largest absolute Gasteiger partial charge is 0.382 e. The molecule has 0 spiro atoms. The topological polar surface area (TPSA) is 44.8 Å². The summed E-state index contributed by atoms with van der Waals surface area (Å²) in [6.45, 7) is 0.458. The lowest BCUT2D eigenvalue weighted by Crippen LogP contribution is -2.27. The predicted octanol–water partition coefficient (Wildman–Crippen LogP) is 1.24. The number of methoxy groups -OCH3 is 1. The van der Waals surface area contributed by atoms with E-state index in [1.807, 2.05) is 7.85 Å². The van der Waals surface area contributed by atoms with Crippen LogP contribution in [0.5, 0.6) is 0 Å². The molecule has 0 amide bonds. The maximum atomic E-state index is 11.4. The number of hydrogen-bond acceptors (Lipinski definition) is 4. The molecule has 2 unspecified atom stereocenters. The molecule has 0 aromatic heterocycles. The third-order valence-corrected chi connectivity index (χ3v) is 3.48. The second kappa shape index (κ2) is 5.54. The molecular weight excluding hydrogens is 337 g/mol. The molecule has 1 heterocycles. The van der Waals surface area contributed by atoms with E-state index in [4.69, 9.17) is 14.0 Å². The van der Waals surface area contributed by atoms with Gasteiger partial charge in [0.25, 0.3) is 0 Å². The molecule has 1 fully saturated rings. The summed E-state index contributed by atoms with van der Waals surface area (Å²) in [5.41, 5.74) is 0. The van der Waals surface area contributed by atoms with Crippen LogP contribution in [0.3, 0.4) is 0 Å². The fourth-order valence-corrected chi connectivity index (χ4v) is 3.30. The smallest absolute Gasteiger partial charge is 0.311 e. The van der Waals surface area contributed by atoms with Crippen molar-refractivity contribution in [3.05, 3.63) is 0 Å². The molecule has 0 aliphatic carbocycles. The van der Waals surface area contributed by atoms with Crippen molar-refractivity contribution in [2.45, 2.75) is 24.6 Å². The van der Waals surface area contributed by atoms with Crippen molar-refractivity contribution in [1.29, 1.82) is 0 Å². The zero-order chi connectivity index (χ0) is 10.8. The number of halogens is 1. The van der Waals surface area contributed by atoms with Gasteiger partial charge in [-0.15, -0.1) is 0 Å². The molecule has 14 heavy (non-hydrogen) atoms. The fourth-order valence-electron chi connectivity index (χ4n) is 1.51. The van der Waals surface area contributed by atoms with Crippen molar-refractivity contribution < 1.29 is 18.6 Å². The normalized spacial score (nSPS) is 36.9. The summed E-state index contributed by atoms with van der Waals surface area (Å²) >= 11 is 5.60. The van der Waals surface area contributed by atoms with E-state index < -0.39 is 4.21 Å². The Balaban J connectivity index is 2.53. The molecule has 4 nitrogen and oxygen atoms in total. The van der Waals surface area contributed by atoms with Crippen LogP contribution in [0.2, 0.25) is 0 Å². The summed E-state index contributed by atoms with van der Waals surface area (Å²) < 4.78 is 24.5. The fraction of sp³-hybridized carbons (Fsp3) is 1.00. The standard InChI is InChI=1S/C6H13BIO4PS/c1-10-3-5-4(2-6(7)11-5)12-13(8,9)14/h4-6H,2-3,7H2,1H3,(H,9,14)/t4?,5-,6-,13?/m1/s1. The highest BCUT2D eigenvalue weighted by molar-refractivity contribution is 14.2. The summed E-state index contributed by atoms with van der Waals surface area (Å²) in [5.74, 6) is 0. The molecule has 4 atom stereocenters. The van der Waals surface area contributed by atoms with E-state index in [1.54, 1.807) is 29.2 Å². The van der Waals surface area contributed by atoms with Crippen LogP contribution in [0.1, 0.15) is 6.42 Å². The molecule has 0 N–H and O–H groups in total. The lowest BCUT2D eigenvalue weighted by atomic mass is 9.96. The van der Waals surface area contributed by atoms with Gasteiger partial charge in [0.15, 0.2) is 0 Å². The molecule has 1 aliphatic heterocycles. The molecule has 0 bridgehead atoms. The molecule has 1 aliphatic rings. The van der Waals surface area contributed by atoms with Gasteiger partial charge in [0.2, 0.25) is 0 Å². The Morgan fingerprint density at radius 1 is 1.79 bits per heavy atom. The third kappa shape index (κ3) is 4.41.